The van der Waals surface area contributed by atoms with Crippen LogP contribution in [0.3, 0.4) is 0 Å². The zero-order valence-corrected chi connectivity index (χ0v) is 13.7. The van der Waals surface area contributed by atoms with Gasteiger partial charge in [0.25, 0.3) is 5.91 Å². The maximum Gasteiger partial charge on any atom is 0.293 e. The van der Waals surface area contributed by atoms with Crippen molar-refractivity contribution in [3.63, 3.8) is 0 Å². The highest BCUT2D eigenvalue weighted by Gasteiger charge is 2.16. The summed E-state index contributed by atoms with van der Waals surface area (Å²) in [7, 11) is 0. The van der Waals surface area contributed by atoms with Crippen LogP contribution in [0, 0.1) is 20.8 Å². The molecule has 2 aromatic heterocycles. The highest BCUT2D eigenvalue weighted by Crippen LogP contribution is 2.27. The van der Waals surface area contributed by atoms with Crippen molar-refractivity contribution in [3.05, 3.63) is 65.6 Å². The number of nitrogens with one attached hydrogen (secondary N) is 1. The van der Waals surface area contributed by atoms with Gasteiger partial charge in [-0.15, -0.1) is 0 Å². The Morgan fingerprint density at radius 1 is 1.12 bits per heavy atom. The number of benzene rings is 1. The number of aryl methyl sites for hydroxylation is 3. The Morgan fingerprint density at radius 3 is 2.50 bits per heavy atom. The van der Waals surface area contributed by atoms with Gasteiger partial charge in [0.15, 0.2) is 5.89 Å². The lowest BCUT2D eigenvalue weighted by Crippen LogP contribution is -2.12. The molecule has 0 atom stereocenters. The summed E-state index contributed by atoms with van der Waals surface area (Å²) in [4.78, 5) is 20.3. The summed E-state index contributed by atoms with van der Waals surface area (Å²) in [5.74, 6) is 1.79. The minimum absolute atomic E-state index is 0.224. The number of rotatable bonds is 4. The van der Waals surface area contributed by atoms with Crippen molar-refractivity contribution >= 4 is 11.6 Å². The molecule has 0 aliphatic heterocycles. The molecule has 0 aliphatic carbocycles. The number of carbonyl (C=O) groups excluding carboxylic acids is 1. The molecule has 0 saturated carbocycles. The van der Waals surface area contributed by atoms with E-state index in [4.69, 9.17) is 9.15 Å². The van der Waals surface area contributed by atoms with Crippen molar-refractivity contribution in [1.29, 1.82) is 0 Å². The molecular formula is C18H17N3O3. The number of aromatic nitrogens is 2. The largest absolute Gasteiger partial charge is 0.457 e. The Labute approximate surface area is 139 Å². The molecular weight excluding hydrogens is 306 g/mol. The van der Waals surface area contributed by atoms with Gasteiger partial charge in [-0.3, -0.25) is 9.78 Å². The Hall–Kier alpha value is -3.15. The third-order valence-electron chi connectivity index (χ3n) is 3.42. The van der Waals surface area contributed by atoms with E-state index in [0.717, 1.165) is 5.56 Å². The highest BCUT2D eigenvalue weighted by atomic mass is 16.5. The van der Waals surface area contributed by atoms with Crippen molar-refractivity contribution < 1.29 is 13.9 Å². The molecule has 3 rings (SSSR count). The Kier molecular flexibility index (Phi) is 4.29. The van der Waals surface area contributed by atoms with Crippen LogP contribution in [0.2, 0.25) is 0 Å². The average molecular weight is 323 g/mol. The summed E-state index contributed by atoms with van der Waals surface area (Å²) in [5.41, 5.74) is 2.13. The van der Waals surface area contributed by atoms with Gasteiger partial charge >= 0.3 is 0 Å². The zero-order valence-electron chi connectivity index (χ0n) is 13.7. The number of pyridine rings is 1. The van der Waals surface area contributed by atoms with Gasteiger partial charge in [0.05, 0.1) is 5.69 Å². The van der Waals surface area contributed by atoms with E-state index in [1.807, 2.05) is 19.1 Å². The number of hydrogen-bond acceptors (Lipinski definition) is 5. The second-order valence-corrected chi connectivity index (χ2v) is 5.37. The summed E-state index contributed by atoms with van der Waals surface area (Å²) in [6.07, 6.45) is 3.34. The quantitative estimate of drug-likeness (QED) is 0.784. The molecule has 0 saturated heterocycles. The topological polar surface area (TPSA) is 77.2 Å². The van der Waals surface area contributed by atoms with E-state index in [1.165, 1.54) is 0 Å². The number of anilines is 1. The summed E-state index contributed by atoms with van der Waals surface area (Å²) in [6, 6.07) is 8.99. The molecule has 3 aromatic rings. The summed E-state index contributed by atoms with van der Waals surface area (Å²) in [6.45, 7) is 5.36. The molecule has 0 fully saturated rings. The van der Waals surface area contributed by atoms with Crippen molar-refractivity contribution in [2.45, 2.75) is 20.8 Å². The van der Waals surface area contributed by atoms with Gasteiger partial charge in [-0.25, -0.2) is 4.98 Å². The highest BCUT2D eigenvalue weighted by molar-refractivity contribution is 6.03. The predicted octanol–water partition coefficient (Wildman–Crippen LogP) is 4.04. The van der Waals surface area contributed by atoms with Crippen LogP contribution in [0.15, 0.2) is 47.1 Å². The van der Waals surface area contributed by atoms with E-state index >= 15 is 0 Å². The number of oxazole rings is 1. The molecule has 2 heterocycles. The molecule has 1 aromatic carbocycles. The van der Waals surface area contributed by atoms with Crippen LogP contribution in [0.5, 0.6) is 11.5 Å². The summed E-state index contributed by atoms with van der Waals surface area (Å²) >= 11 is 0. The molecule has 0 unspecified atom stereocenters. The molecule has 122 valence electrons. The first-order valence-electron chi connectivity index (χ1n) is 7.47. The number of carbonyl (C=O) groups is 1. The molecule has 6 heteroatoms. The fourth-order valence-electron chi connectivity index (χ4n) is 2.30. The first-order valence-corrected chi connectivity index (χ1v) is 7.47. The van der Waals surface area contributed by atoms with E-state index in [1.54, 1.807) is 44.4 Å². The van der Waals surface area contributed by atoms with Gasteiger partial charge in [-0.05, 0) is 49.7 Å². The fourth-order valence-corrected chi connectivity index (χ4v) is 2.30. The molecule has 1 amide bonds. The van der Waals surface area contributed by atoms with E-state index in [0.29, 0.717) is 28.8 Å². The maximum absolute atomic E-state index is 12.3. The van der Waals surface area contributed by atoms with E-state index in [-0.39, 0.29) is 11.7 Å². The minimum atomic E-state index is -0.324. The molecule has 0 aliphatic rings. The molecule has 6 nitrogen and oxygen atoms in total. The smallest absolute Gasteiger partial charge is 0.293 e. The second-order valence-electron chi connectivity index (χ2n) is 5.37. The number of amides is 1. The van der Waals surface area contributed by atoms with Gasteiger partial charge in [-0.1, -0.05) is 0 Å². The lowest BCUT2D eigenvalue weighted by atomic mass is 10.2. The molecule has 1 N–H and O–H groups in total. The van der Waals surface area contributed by atoms with Crippen molar-refractivity contribution in [2.75, 3.05) is 5.32 Å². The fraction of sp³-hybridized carbons (Fsp3) is 0.167. The third kappa shape index (κ3) is 3.43. The van der Waals surface area contributed by atoms with E-state index in [2.05, 4.69) is 15.3 Å². The first-order chi connectivity index (χ1) is 11.5. The predicted molar refractivity (Wildman–Crippen MR) is 89.4 cm³/mol. The second kappa shape index (κ2) is 6.54. The van der Waals surface area contributed by atoms with Crippen LogP contribution in [0.1, 0.15) is 27.7 Å². The summed E-state index contributed by atoms with van der Waals surface area (Å²) < 4.78 is 11.1. The number of nitrogens with zero attached hydrogens (tertiary/aromatic N) is 2. The minimum Gasteiger partial charge on any atom is -0.457 e. The van der Waals surface area contributed by atoms with Crippen LogP contribution in [-0.4, -0.2) is 15.9 Å². The van der Waals surface area contributed by atoms with Gasteiger partial charge in [0.1, 0.15) is 11.5 Å². The van der Waals surface area contributed by atoms with Crippen LogP contribution < -0.4 is 10.1 Å². The van der Waals surface area contributed by atoms with Gasteiger partial charge in [-0.2, -0.15) is 0 Å². The van der Waals surface area contributed by atoms with Crippen LogP contribution >= 0.6 is 0 Å². The number of hydrogen-bond donors (Lipinski definition) is 1. The average Bonchev–Trinajstić information content (AvgIpc) is 2.90. The molecule has 0 bridgehead atoms. The third-order valence-corrected chi connectivity index (χ3v) is 3.42. The molecule has 0 radical (unpaired) electrons. The summed E-state index contributed by atoms with van der Waals surface area (Å²) in [5, 5.41) is 2.81. The first kappa shape index (κ1) is 15.7. The Bertz CT molecular complexity index is 872. The van der Waals surface area contributed by atoms with Crippen molar-refractivity contribution in [3.8, 4) is 11.5 Å². The van der Waals surface area contributed by atoms with Crippen LogP contribution in [-0.2, 0) is 0 Å². The molecule has 24 heavy (non-hydrogen) atoms. The Morgan fingerprint density at radius 2 is 1.88 bits per heavy atom. The van der Waals surface area contributed by atoms with Crippen molar-refractivity contribution in [1.82, 2.24) is 9.97 Å². The van der Waals surface area contributed by atoms with Gasteiger partial charge in [0.2, 0.25) is 5.76 Å². The lowest BCUT2D eigenvalue weighted by molar-refractivity contribution is 0.0994. The lowest BCUT2D eigenvalue weighted by Gasteiger charge is -2.10. The maximum atomic E-state index is 12.3. The SMILES string of the molecule is Cc1nc(C)c(C(=O)Nc2ccc(Oc3ccncc3)c(C)c2)o1. The van der Waals surface area contributed by atoms with Gasteiger partial charge < -0.3 is 14.5 Å². The van der Waals surface area contributed by atoms with E-state index < -0.39 is 0 Å². The van der Waals surface area contributed by atoms with Gasteiger partial charge in [0, 0.05) is 25.0 Å². The standard InChI is InChI=1S/C18H17N3O3/c1-11-10-14(21-18(22)17-12(2)20-13(3)23-17)4-5-16(11)24-15-6-8-19-9-7-15/h4-10H,1-3H3,(H,21,22). The van der Waals surface area contributed by atoms with E-state index in [9.17, 15) is 4.79 Å². The number of ether oxygens (including phenoxy) is 1. The van der Waals surface area contributed by atoms with Crippen LogP contribution in [0.4, 0.5) is 5.69 Å². The Balaban J connectivity index is 1.75. The zero-order chi connectivity index (χ0) is 17.1. The normalized spacial score (nSPS) is 10.5. The monoisotopic (exact) mass is 323 g/mol. The van der Waals surface area contributed by atoms with Crippen LogP contribution in [0.25, 0.3) is 0 Å². The van der Waals surface area contributed by atoms with Crippen molar-refractivity contribution in [2.24, 2.45) is 0 Å². The molecule has 0 spiro atoms.